The summed E-state index contributed by atoms with van der Waals surface area (Å²) >= 11 is 0. The molecule has 0 aliphatic heterocycles. The highest BCUT2D eigenvalue weighted by atomic mass is 16.4. The van der Waals surface area contributed by atoms with Crippen molar-refractivity contribution in [1.29, 1.82) is 0 Å². The molecule has 1 saturated carbocycles. The van der Waals surface area contributed by atoms with Crippen molar-refractivity contribution in [2.45, 2.75) is 51.5 Å². The SMILES string of the molecule is CCC(CC1CC1)NC(=O)CCC(=O)O. The van der Waals surface area contributed by atoms with Gasteiger partial charge in [0.1, 0.15) is 0 Å². The maximum atomic E-state index is 11.3. The minimum atomic E-state index is -0.916. The first kappa shape index (κ1) is 12.0. The number of aliphatic carboxylic acids is 1. The number of carbonyl (C=O) groups is 2. The summed E-state index contributed by atoms with van der Waals surface area (Å²) in [7, 11) is 0. The van der Waals surface area contributed by atoms with Gasteiger partial charge in [-0.3, -0.25) is 9.59 Å². The fourth-order valence-electron chi connectivity index (χ4n) is 1.60. The van der Waals surface area contributed by atoms with Crippen LogP contribution in [0.1, 0.15) is 45.4 Å². The molecule has 4 nitrogen and oxygen atoms in total. The highest BCUT2D eigenvalue weighted by Crippen LogP contribution is 2.33. The van der Waals surface area contributed by atoms with E-state index in [1.165, 1.54) is 12.8 Å². The largest absolute Gasteiger partial charge is 0.481 e. The molecule has 15 heavy (non-hydrogen) atoms. The highest BCUT2D eigenvalue weighted by Gasteiger charge is 2.25. The third-order valence-corrected chi connectivity index (χ3v) is 2.74. The average Bonchev–Trinajstić information content (AvgIpc) is 2.97. The molecule has 1 amide bonds. The molecule has 1 aliphatic rings. The topological polar surface area (TPSA) is 66.4 Å². The van der Waals surface area contributed by atoms with Crippen molar-refractivity contribution in [1.82, 2.24) is 5.32 Å². The lowest BCUT2D eigenvalue weighted by Gasteiger charge is -2.16. The number of hydrogen-bond donors (Lipinski definition) is 2. The van der Waals surface area contributed by atoms with E-state index in [2.05, 4.69) is 5.32 Å². The Bertz CT molecular complexity index is 236. The van der Waals surface area contributed by atoms with Crippen molar-refractivity contribution < 1.29 is 14.7 Å². The number of rotatable bonds is 7. The van der Waals surface area contributed by atoms with Gasteiger partial charge in [0, 0.05) is 12.5 Å². The molecule has 4 heteroatoms. The lowest BCUT2D eigenvalue weighted by molar-refractivity contribution is -0.138. The van der Waals surface area contributed by atoms with E-state index in [9.17, 15) is 9.59 Å². The summed E-state index contributed by atoms with van der Waals surface area (Å²) in [5.41, 5.74) is 0. The van der Waals surface area contributed by atoms with Crippen LogP contribution in [0.2, 0.25) is 0 Å². The molecule has 1 rings (SSSR count). The first-order valence-corrected chi connectivity index (χ1v) is 5.63. The molecule has 0 aromatic heterocycles. The van der Waals surface area contributed by atoms with E-state index in [0.29, 0.717) is 0 Å². The summed E-state index contributed by atoms with van der Waals surface area (Å²) in [5.74, 6) is -0.264. The van der Waals surface area contributed by atoms with Crippen LogP contribution in [0.3, 0.4) is 0 Å². The second-order valence-electron chi connectivity index (χ2n) is 4.25. The Morgan fingerprint density at radius 3 is 2.53 bits per heavy atom. The lowest BCUT2D eigenvalue weighted by atomic mass is 10.1. The van der Waals surface area contributed by atoms with Gasteiger partial charge < -0.3 is 10.4 Å². The fourth-order valence-corrected chi connectivity index (χ4v) is 1.60. The lowest BCUT2D eigenvalue weighted by Crippen LogP contribution is -2.34. The second kappa shape index (κ2) is 5.73. The average molecular weight is 213 g/mol. The van der Waals surface area contributed by atoms with E-state index in [4.69, 9.17) is 5.11 Å². The predicted molar refractivity (Wildman–Crippen MR) is 56.4 cm³/mol. The number of amides is 1. The van der Waals surface area contributed by atoms with Gasteiger partial charge in [0.15, 0.2) is 0 Å². The third-order valence-electron chi connectivity index (χ3n) is 2.74. The number of carboxylic acids is 1. The molecule has 2 N–H and O–H groups in total. The number of carbonyl (C=O) groups excluding carboxylic acids is 1. The monoisotopic (exact) mass is 213 g/mol. The molecule has 0 spiro atoms. The van der Waals surface area contributed by atoms with Crippen molar-refractivity contribution in [3.63, 3.8) is 0 Å². The molecule has 0 aromatic carbocycles. The molecule has 0 radical (unpaired) electrons. The minimum absolute atomic E-state index is 0.0777. The molecule has 86 valence electrons. The van der Waals surface area contributed by atoms with Crippen molar-refractivity contribution in [3.8, 4) is 0 Å². The second-order valence-corrected chi connectivity index (χ2v) is 4.25. The van der Waals surface area contributed by atoms with Crippen molar-refractivity contribution >= 4 is 11.9 Å². The van der Waals surface area contributed by atoms with Gasteiger partial charge in [0.2, 0.25) is 5.91 Å². The zero-order valence-corrected chi connectivity index (χ0v) is 9.16. The predicted octanol–water partition coefficient (Wildman–Crippen LogP) is 1.55. The van der Waals surface area contributed by atoms with E-state index in [0.717, 1.165) is 18.8 Å². The van der Waals surface area contributed by atoms with Crippen molar-refractivity contribution in [3.05, 3.63) is 0 Å². The summed E-state index contributed by atoms with van der Waals surface area (Å²) in [6.07, 6.45) is 4.55. The highest BCUT2D eigenvalue weighted by molar-refractivity contribution is 5.80. The Morgan fingerprint density at radius 1 is 1.40 bits per heavy atom. The van der Waals surface area contributed by atoms with Gasteiger partial charge in [-0.25, -0.2) is 0 Å². The number of nitrogens with one attached hydrogen (secondary N) is 1. The molecule has 1 fully saturated rings. The summed E-state index contributed by atoms with van der Waals surface area (Å²) in [4.78, 5) is 21.6. The quantitative estimate of drug-likeness (QED) is 0.674. The van der Waals surface area contributed by atoms with Crippen LogP contribution < -0.4 is 5.32 Å². The van der Waals surface area contributed by atoms with Crippen LogP contribution in [0.15, 0.2) is 0 Å². The Labute approximate surface area is 90.0 Å². The third kappa shape index (κ3) is 5.40. The van der Waals surface area contributed by atoms with Gasteiger partial charge in [-0.05, 0) is 18.8 Å². The molecule has 0 aromatic rings. The van der Waals surface area contributed by atoms with E-state index in [1.54, 1.807) is 0 Å². The summed E-state index contributed by atoms with van der Waals surface area (Å²) in [6, 6.07) is 0.235. The zero-order chi connectivity index (χ0) is 11.3. The van der Waals surface area contributed by atoms with Crippen LogP contribution >= 0.6 is 0 Å². The number of carboxylic acid groups (broad SMARTS) is 1. The molecule has 0 heterocycles. The fraction of sp³-hybridized carbons (Fsp3) is 0.818. The summed E-state index contributed by atoms with van der Waals surface area (Å²) in [6.45, 7) is 2.05. The van der Waals surface area contributed by atoms with Crippen LogP contribution in [0, 0.1) is 5.92 Å². The van der Waals surface area contributed by atoms with Crippen LogP contribution in [0.5, 0.6) is 0 Å². The molecule has 1 atom stereocenters. The smallest absolute Gasteiger partial charge is 0.303 e. The molecule has 0 bridgehead atoms. The van der Waals surface area contributed by atoms with Crippen LogP contribution in [-0.2, 0) is 9.59 Å². The number of hydrogen-bond acceptors (Lipinski definition) is 2. The van der Waals surface area contributed by atoms with Crippen LogP contribution in [-0.4, -0.2) is 23.0 Å². The molecular formula is C11H19NO3. The zero-order valence-electron chi connectivity index (χ0n) is 9.16. The molecular weight excluding hydrogens is 194 g/mol. The van der Waals surface area contributed by atoms with Gasteiger partial charge in [-0.2, -0.15) is 0 Å². The normalized spacial score (nSPS) is 17.1. The van der Waals surface area contributed by atoms with Gasteiger partial charge in [-0.1, -0.05) is 19.8 Å². The van der Waals surface area contributed by atoms with E-state index < -0.39 is 5.97 Å². The first-order valence-electron chi connectivity index (χ1n) is 5.63. The molecule has 1 unspecified atom stereocenters. The summed E-state index contributed by atoms with van der Waals surface area (Å²) in [5, 5.41) is 11.3. The molecule has 0 saturated heterocycles. The van der Waals surface area contributed by atoms with Crippen molar-refractivity contribution in [2.24, 2.45) is 5.92 Å². The Kier molecular flexibility index (Phi) is 4.59. The van der Waals surface area contributed by atoms with Crippen LogP contribution in [0.25, 0.3) is 0 Å². The Hall–Kier alpha value is -1.06. The van der Waals surface area contributed by atoms with Crippen LogP contribution in [0.4, 0.5) is 0 Å². The Morgan fingerprint density at radius 2 is 2.07 bits per heavy atom. The first-order chi connectivity index (χ1) is 7.11. The van der Waals surface area contributed by atoms with Gasteiger partial charge in [0.25, 0.3) is 0 Å². The maximum Gasteiger partial charge on any atom is 0.303 e. The van der Waals surface area contributed by atoms with Gasteiger partial charge >= 0.3 is 5.97 Å². The summed E-state index contributed by atoms with van der Waals surface area (Å²) < 4.78 is 0. The van der Waals surface area contributed by atoms with E-state index >= 15 is 0 Å². The Balaban J connectivity index is 2.17. The maximum absolute atomic E-state index is 11.3. The minimum Gasteiger partial charge on any atom is -0.481 e. The van der Waals surface area contributed by atoms with E-state index in [1.807, 2.05) is 6.92 Å². The van der Waals surface area contributed by atoms with Gasteiger partial charge in [-0.15, -0.1) is 0 Å². The van der Waals surface area contributed by atoms with E-state index in [-0.39, 0.29) is 24.8 Å². The molecule has 1 aliphatic carbocycles. The standard InChI is InChI=1S/C11H19NO3/c1-2-9(7-8-3-4-8)12-10(13)5-6-11(14)15/h8-9H,2-7H2,1H3,(H,12,13)(H,14,15). The van der Waals surface area contributed by atoms with Crippen molar-refractivity contribution in [2.75, 3.05) is 0 Å². The van der Waals surface area contributed by atoms with Gasteiger partial charge in [0.05, 0.1) is 6.42 Å².